The molecule has 18 heavy (non-hydrogen) atoms. The highest BCUT2D eigenvalue weighted by molar-refractivity contribution is 5.85. The van der Waals surface area contributed by atoms with Crippen LogP contribution in [0.15, 0.2) is 24.3 Å². The lowest BCUT2D eigenvalue weighted by atomic mass is 9.74. The first-order chi connectivity index (χ1) is 8.15. The molecule has 0 heterocycles. The van der Waals surface area contributed by atoms with Gasteiger partial charge in [0.2, 0.25) is 0 Å². The first kappa shape index (κ1) is 15.3. The van der Waals surface area contributed by atoms with E-state index in [1.807, 2.05) is 18.2 Å². The molecule has 1 saturated carbocycles. The molecule has 2 nitrogen and oxygen atoms in total. The fraction of sp³-hybridized carbons (Fsp3) is 0.600. The van der Waals surface area contributed by atoms with Crippen molar-refractivity contribution in [3.8, 4) is 5.75 Å². The summed E-state index contributed by atoms with van der Waals surface area (Å²) >= 11 is 0. The van der Waals surface area contributed by atoms with Crippen LogP contribution < -0.4 is 4.74 Å². The van der Waals surface area contributed by atoms with E-state index >= 15 is 0 Å². The summed E-state index contributed by atoms with van der Waals surface area (Å²) in [6.45, 7) is 2.13. The van der Waals surface area contributed by atoms with Crippen molar-refractivity contribution < 1.29 is 9.84 Å². The van der Waals surface area contributed by atoms with Crippen molar-refractivity contribution in [1.29, 1.82) is 0 Å². The fourth-order valence-corrected chi connectivity index (χ4v) is 2.82. The van der Waals surface area contributed by atoms with Crippen LogP contribution in [0.25, 0.3) is 0 Å². The van der Waals surface area contributed by atoms with Gasteiger partial charge in [0, 0.05) is 5.92 Å². The van der Waals surface area contributed by atoms with E-state index in [1.54, 1.807) is 7.11 Å². The molecule has 0 spiro atoms. The maximum Gasteiger partial charge on any atom is 0.119 e. The van der Waals surface area contributed by atoms with Crippen molar-refractivity contribution in [2.75, 3.05) is 7.11 Å². The zero-order valence-corrected chi connectivity index (χ0v) is 12.0. The van der Waals surface area contributed by atoms with Crippen LogP contribution in [-0.2, 0) is 0 Å². The minimum atomic E-state index is -0.523. The summed E-state index contributed by atoms with van der Waals surface area (Å²) in [5.41, 5.74) is 0.652. The average molecular weight is 271 g/mol. The Morgan fingerprint density at radius 2 is 1.89 bits per heavy atom. The molecule has 1 aliphatic rings. The smallest absolute Gasteiger partial charge is 0.119 e. The number of methoxy groups -OCH3 is 1. The molecule has 1 unspecified atom stereocenters. The Kier molecular flexibility index (Phi) is 5.48. The topological polar surface area (TPSA) is 29.5 Å². The molecule has 1 fully saturated rings. The van der Waals surface area contributed by atoms with Gasteiger partial charge in [-0.3, -0.25) is 0 Å². The quantitative estimate of drug-likeness (QED) is 0.902. The lowest BCUT2D eigenvalue weighted by Crippen LogP contribution is -2.37. The Hall–Kier alpha value is -0.730. The molecule has 0 radical (unpaired) electrons. The highest BCUT2D eigenvalue weighted by Crippen LogP contribution is 2.40. The molecule has 0 aromatic heterocycles. The molecular weight excluding hydrogens is 248 g/mol. The SMILES string of the molecule is COc1cccc(C(C)C2(O)CCCCC2)c1.Cl. The zero-order chi connectivity index (χ0) is 12.3. The van der Waals surface area contributed by atoms with Gasteiger partial charge < -0.3 is 9.84 Å². The Bertz CT molecular complexity index is 373. The number of hydrogen-bond acceptors (Lipinski definition) is 2. The molecule has 1 N–H and O–H groups in total. The van der Waals surface area contributed by atoms with Crippen molar-refractivity contribution in [3.63, 3.8) is 0 Å². The largest absolute Gasteiger partial charge is 0.497 e. The average Bonchev–Trinajstić information content (AvgIpc) is 2.39. The van der Waals surface area contributed by atoms with Crippen LogP contribution in [0, 0.1) is 0 Å². The van der Waals surface area contributed by atoms with E-state index < -0.39 is 5.60 Å². The zero-order valence-electron chi connectivity index (χ0n) is 11.2. The lowest BCUT2D eigenvalue weighted by Gasteiger charge is -2.37. The predicted molar refractivity (Wildman–Crippen MR) is 76.7 cm³/mol. The summed E-state index contributed by atoms with van der Waals surface area (Å²) in [7, 11) is 1.68. The molecule has 1 aromatic rings. The summed E-state index contributed by atoms with van der Waals surface area (Å²) in [6.07, 6.45) is 5.39. The van der Waals surface area contributed by atoms with E-state index in [4.69, 9.17) is 4.74 Å². The third kappa shape index (κ3) is 3.18. The maximum absolute atomic E-state index is 10.7. The molecule has 1 aliphatic carbocycles. The second kappa shape index (κ2) is 6.44. The van der Waals surface area contributed by atoms with Crippen molar-refractivity contribution >= 4 is 12.4 Å². The molecule has 0 bridgehead atoms. The van der Waals surface area contributed by atoms with Gasteiger partial charge in [-0.25, -0.2) is 0 Å². The highest BCUT2D eigenvalue weighted by atomic mass is 35.5. The van der Waals surface area contributed by atoms with Gasteiger partial charge in [0.15, 0.2) is 0 Å². The normalized spacial score (nSPS) is 19.7. The van der Waals surface area contributed by atoms with E-state index in [1.165, 1.54) is 12.0 Å². The minimum absolute atomic E-state index is 0. The van der Waals surface area contributed by atoms with Crippen molar-refractivity contribution in [3.05, 3.63) is 29.8 Å². The van der Waals surface area contributed by atoms with Crippen LogP contribution in [0.3, 0.4) is 0 Å². The molecular formula is C15H23ClO2. The van der Waals surface area contributed by atoms with Crippen molar-refractivity contribution in [2.45, 2.75) is 50.5 Å². The van der Waals surface area contributed by atoms with Crippen LogP contribution in [0.4, 0.5) is 0 Å². The van der Waals surface area contributed by atoms with Gasteiger partial charge in [-0.05, 0) is 30.5 Å². The standard InChI is InChI=1S/C15H22O2.ClH/c1-12(15(16)9-4-3-5-10-15)13-7-6-8-14(11-13)17-2;/h6-8,11-12,16H,3-5,9-10H2,1-2H3;1H. The van der Waals surface area contributed by atoms with Gasteiger partial charge in [0.1, 0.15) is 5.75 Å². The Morgan fingerprint density at radius 1 is 1.22 bits per heavy atom. The number of benzene rings is 1. The second-order valence-electron chi connectivity index (χ2n) is 5.16. The number of aliphatic hydroxyl groups is 1. The molecule has 0 saturated heterocycles. The van der Waals surface area contributed by atoms with Crippen molar-refractivity contribution in [1.82, 2.24) is 0 Å². The van der Waals surface area contributed by atoms with Crippen LogP contribution in [-0.4, -0.2) is 17.8 Å². The first-order valence-corrected chi connectivity index (χ1v) is 6.52. The van der Waals surface area contributed by atoms with E-state index in [2.05, 4.69) is 13.0 Å². The third-order valence-corrected chi connectivity index (χ3v) is 4.12. The summed E-state index contributed by atoms with van der Waals surface area (Å²) in [6, 6.07) is 8.06. The third-order valence-electron chi connectivity index (χ3n) is 4.12. The van der Waals surface area contributed by atoms with Gasteiger partial charge in [-0.1, -0.05) is 38.3 Å². The Balaban J connectivity index is 0.00000162. The van der Waals surface area contributed by atoms with Crippen LogP contribution in [0.2, 0.25) is 0 Å². The van der Waals surface area contributed by atoms with E-state index in [-0.39, 0.29) is 18.3 Å². The number of ether oxygens (including phenoxy) is 1. The molecule has 102 valence electrons. The van der Waals surface area contributed by atoms with E-state index in [0.29, 0.717) is 0 Å². The molecule has 0 amide bonds. The number of hydrogen-bond donors (Lipinski definition) is 1. The summed E-state index contributed by atoms with van der Waals surface area (Å²) in [5, 5.41) is 10.7. The minimum Gasteiger partial charge on any atom is -0.497 e. The monoisotopic (exact) mass is 270 g/mol. The molecule has 0 aliphatic heterocycles. The fourth-order valence-electron chi connectivity index (χ4n) is 2.82. The van der Waals surface area contributed by atoms with Crippen LogP contribution >= 0.6 is 12.4 Å². The Labute approximate surface area is 116 Å². The van der Waals surface area contributed by atoms with Gasteiger partial charge in [0.05, 0.1) is 12.7 Å². The Morgan fingerprint density at radius 3 is 2.50 bits per heavy atom. The highest BCUT2D eigenvalue weighted by Gasteiger charge is 2.35. The van der Waals surface area contributed by atoms with E-state index in [9.17, 15) is 5.11 Å². The second-order valence-corrected chi connectivity index (χ2v) is 5.16. The first-order valence-electron chi connectivity index (χ1n) is 6.52. The summed E-state index contributed by atoms with van der Waals surface area (Å²) in [4.78, 5) is 0. The molecule has 2 rings (SSSR count). The van der Waals surface area contributed by atoms with Gasteiger partial charge in [0.25, 0.3) is 0 Å². The predicted octanol–water partition coefficient (Wildman–Crippen LogP) is 3.92. The van der Waals surface area contributed by atoms with E-state index in [0.717, 1.165) is 31.4 Å². The van der Waals surface area contributed by atoms with Crippen LogP contribution in [0.1, 0.15) is 50.5 Å². The van der Waals surface area contributed by atoms with Crippen LogP contribution in [0.5, 0.6) is 5.75 Å². The van der Waals surface area contributed by atoms with Gasteiger partial charge in [-0.15, -0.1) is 12.4 Å². The maximum atomic E-state index is 10.7. The summed E-state index contributed by atoms with van der Waals surface area (Å²) in [5.74, 6) is 1.05. The van der Waals surface area contributed by atoms with Gasteiger partial charge >= 0.3 is 0 Å². The van der Waals surface area contributed by atoms with Crippen molar-refractivity contribution in [2.24, 2.45) is 0 Å². The summed E-state index contributed by atoms with van der Waals surface area (Å²) < 4.78 is 5.24. The lowest BCUT2D eigenvalue weighted by molar-refractivity contribution is -0.0169. The number of halogens is 1. The molecule has 1 atom stereocenters. The number of rotatable bonds is 3. The molecule has 3 heteroatoms. The molecule has 1 aromatic carbocycles. The van der Waals surface area contributed by atoms with Gasteiger partial charge in [-0.2, -0.15) is 0 Å².